The summed E-state index contributed by atoms with van der Waals surface area (Å²) >= 11 is 0. The Balaban J connectivity index is 5.12. The molecule has 0 amide bonds. The number of methoxy groups -OCH3 is 1. The molecule has 18 heavy (non-hydrogen) atoms. The van der Waals surface area contributed by atoms with E-state index in [1.165, 1.54) is 7.11 Å². The zero-order valence-corrected chi connectivity index (χ0v) is 11.8. The van der Waals surface area contributed by atoms with Gasteiger partial charge in [0.15, 0.2) is 5.41 Å². The molecule has 0 aliphatic rings. The highest BCUT2D eigenvalue weighted by Crippen LogP contribution is 2.32. The number of ether oxygens (including phenoxy) is 3. The molecule has 0 radical (unpaired) electrons. The molecule has 0 N–H and O–H groups in total. The number of hydrogen-bond donors (Lipinski definition) is 0. The Hall–Kier alpha value is -1.10. The quantitative estimate of drug-likeness (QED) is 0.468. The Morgan fingerprint density at radius 2 is 1.44 bits per heavy atom. The summed E-state index contributed by atoms with van der Waals surface area (Å²) < 4.78 is 15.0. The number of carbonyl (C=O) groups is 2. The summed E-state index contributed by atoms with van der Waals surface area (Å²) in [5.74, 6) is -1.02. The molecule has 0 saturated carbocycles. The van der Waals surface area contributed by atoms with E-state index in [-0.39, 0.29) is 19.6 Å². The summed E-state index contributed by atoms with van der Waals surface area (Å²) in [5, 5.41) is 0. The molecule has 0 aromatic carbocycles. The largest absolute Gasteiger partial charge is 0.465 e. The average molecular weight is 260 g/mol. The minimum atomic E-state index is -1.23. The molecule has 0 bridgehead atoms. The first kappa shape index (κ1) is 16.9. The van der Waals surface area contributed by atoms with Crippen LogP contribution >= 0.6 is 0 Å². The molecule has 0 saturated heterocycles. The number of hydrogen-bond acceptors (Lipinski definition) is 5. The van der Waals surface area contributed by atoms with Crippen LogP contribution in [0.1, 0.15) is 40.0 Å². The van der Waals surface area contributed by atoms with Crippen molar-refractivity contribution in [3.63, 3.8) is 0 Å². The van der Waals surface area contributed by atoms with Crippen molar-refractivity contribution >= 4 is 11.9 Å². The van der Waals surface area contributed by atoms with E-state index in [1.54, 1.807) is 13.8 Å². The first-order chi connectivity index (χ1) is 8.58. The molecule has 0 fully saturated rings. The zero-order chi connectivity index (χ0) is 14.0. The van der Waals surface area contributed by atoms with Crippen LogP contribution in [0.3, 0.4) is 0 Å². The van der Waals surface area contributed by atoms with Crippen LogP contribution in [0.4, 0.5) is 0 Å². The lowest BCUT2D eigenvalue weighted by molar-refractivity contribution is -0.174. The van der Waals surface area contributed by atoms with Gasteiger partial charge in [-0.2, -0.15) is 0 Å². The van der Waals surface area contributed by atoms with Crippen LogP contribution in [-0.2, 0) is 23.8 Å². The minimum absolute atomic E-state index is 0.247. The van der Waals surface area contributed by atoms with Gasteiger partial charge in [-0.3, -0.25) is 9.59 Å². The molecule has 0 aromatic rings. The molecule has 0 aliphatic heterocycles. The van der Waals surface area contributed by atoms with Crippen molar-refractivity contribution in [3.05, 3.63) is 0 Å². The molecule has 0 aromatic heterocycles. The van der Waals surface area contributed by atoms with E-state index in [0.717, 1.165) is 0 Å². The number of carbonyl (C=O) groups excluding carboxylic acids is 2. The van der Waals surface area contributed by atoms with E-state index >= 15 is 0 Å². The van der Waals surface area contributed by atoms with Crippen LogP contribution in [0.5, 0.6) is 0 Å². The minimum Gasteiger partial charge on any atom is -0.465 e. The SMILES string of the molecule is CCCC(CCOC)(C(=O)OCC)C(=O)OCC. The smallest absolute Gasteiger partial charge is 0.323 e. The lowest BCUT2D eigenvalue weighted by Gasteiger charge is -2.28. The van der Waals surface area contributed by atoms with E-state index in [4.69, 9.17) is 14.2 Å². The highest BCUT2D eigenvalue weighted by molar-refractivity contribution is 6.00. The van der Waals surface area contributed by atoms with Gasteiger partial charge in [0.25, 0.3) is 0 Å². The maximum Gasteiger partial charge on any atom is 0.323 e. The van der Waals surface area contributed by atoms with Gasteiger partial charge in [0.1, 0.15) is 0 Å². The second kappa shape index (κ2) is 8.91. The van der Waals surface area contributed by atoms with Gasteiger partial charge in [-0.05, 0) is 26.7 Å². The third kappa shape index (κ3) is 4.29. The Morgan fingerprint density at radius 1 is 0.944 bits per heavy atom. The fourth-order valence-electron chi connectivity index (χ4n) is 1.86. The molecule has 0 rings (SSSR count). The topological polar surface area (TPSA) is 61.8 Å². The molecule has 5 nitrogen and oxygen atoms in total. The van der Waals surface area contributed by atoms with Crippen LogP contribution in [0.2, 0.25) is 0 Å². The zero-order valence-electron chi connectivity index (χ0n) is 11.8. The lowest BCUT2D eigenvalue weighted by Crippen LogP contribution is -2.43. The highest BCUT2D eigenvalue weighted by Gasteiger charge is 2.47. The Labute approximate surface area is 109 Å². The lowest BCUT2D eigenvalue weighted by atomic mass is 9.80. The second-order valence-electron chi connectivity index (χ2n) is 4.02. The summed E-state index contributed by atoms with van der Waals surface area (Å²) in [6.45, 7) is 6.16. The van der Waals surface area contributed by atoms with E-state index < -0.39 is 17.4 Å². The first-order valence-corrected chi connectivity index (χ1v) is 6.42. The summed E-state index contributed by atoms with van der Waals surface area (Å²) in [5.41, 5.74) is -1.23. The standard InChI is InChI=1S/C13H24O5/c1-5-8-13(9-10-16-4,11(14)17-6-2)12(15)18-7-3/h5-10H2,1-4H3. The molecule has 106 valence electrons. The van der Waals surface area contributed by atoms with Gasteiger partial charge in [0, 0.05) is 13.7 Å². The third-order valence-electron chi connectivity index (χ3n) is 2.74. The van der Waals surface area contributed by atoms with Gasteiger partial charge in [0.2, 0.25) is 0 Å². The maximum absolute atomic E-state index is 12.1. The summed E-state index contributed by atoms with van der Waals surface area (Å²) in [6, 6.07) is 0. The molecule has 5 heteroatoms. The van der Waals surface area contributed by atoms with Crippen LogP contribution in [-0.4, -0.2) is 38.9 Å². The normalized spacial score (nSPS) is 11.1. The van der Waals surface area contributed by atoms with Gasteiger partial charge in [0.05, 0.1) is 13.2 Å². The van der Waals surface area contributed by atoms with Crippen LogP contribution < -0.4 is 0 Å². The van der Waals surface area contributed by atoms with Crippen molar-refractivity contribution in [1.82, 2.24) is 0 Å². The number of rotatable bonds is 9. The Morgan fingerprint density at radius 3 is 1.78 bits per heavy atom. The summed E-state index contributed by atoms with van der Waals surface area (Å²) in [4.78, 5) is 24.2. The predicted octanol–water partition coefficient (Wildman–Crippen LogP) is 1.94. The van der Waals surface area contributed by atoms with Crippen molar-refractivity contribution < 1.29 is 23.8 Å². The monoisotopic (exact) mass is 260 g/mol. The van der Waals surface area contributed by atoms with Gasteiger partial charge in [-0.1, -0.05) is 13.3 Å². The van der Waals surface area contributed by atoms with Crippen molar-refractivity contribution in [1.29, 1.82) is 0 Å². The van der Waals surface area contributed by atoms with E-state index in [2.05, 4.69) is 0 Å². The van der Waals surface area contributed by atoms with Gasteiger partial charge in [-0.15, -0.1) is 0 Å². The maximum atomic E-state index is 12.1. The highest BCUT2D eigenvalue weighted by atomic mass is 16.6. The summed E-state index contributed by atoms with van der Waals surface area (Å²) in [7, 11) is 1.53. The van der Waals surface area contributed by atoms with Crippen LogP contribution in [0.25, 0.3) is 0 Å². The predicted molar refractivity (Wildman–Crippen MR) is 67.1 cm³/mol. The van der Waals surface area contributed by atoms with Gasteiger partial charge in [-0.25, -0.2) is 0 Å². The Bertz CT molecular complexity index is 244. The molecule has 0 aliphatic carbocycles. The average Bonchev–Trinajstić information content (AvgIpc) is 2.35. The van der Waals surface area contributed by atoms with Crippen molar-refractivity contribution in [2.75, 3.05) is 26.9 Å². The number of esters is 2. The van der Waals surface area contributed by atoms with E-state index in [0.29, 0.717) is 19.4 Å². The fraction of sp³-hybridized carbons (Fsp3) is 0.846. The third-order valence-corrected chi connectivity index (χ3v) is 2.74. The summed E-state index contributed by atoms with van der Waals surface area (Å²) in [6.07, 6.45) is 1.39. The van der Waals surface area contributed by atoms with E-state index in [1.807, 2.05) is 6.92 Å². The molecule has 0 heterocycles. The van der Waals surface area contributed by atoms with Crippen molar-refractivity contribution in [2.24, 2.45) is 5.41 Å². The fourth-order valence-corrected chi connectivity index (χ4v) is 1.86. The second-order valence-corrected chi connectivity index (χ2v) is 4.02. The molecule has 0 atom stereocenters. The van der Waals surface area contributed by atoms with E-state index in [9.17, 15) is 9.59 Å². The molecular weight excluding hydrogens is 236 g/mol. The molecule has 0 unspecified atom stereocenters. The van der Waals surface area contributed by atoms with Crippen molar-refractivity contribution in [2.45, 2.75) is 40.0 Å². The van der Waals surface area contributed by atoms with Crippen LogP contribution in [0.15, 0.2) is 0 Å². The first-order valence-electron chi connectivity index (χ1n) is 6.42. The molecular formula is C13H24O5. The van der Waals surface area contributed by atoms with Crippen LogP contribution in [0, 0.1) is 5.41 Å². The van der Waals surface area contributed by atoms with Gasteiger partial charge < -0.3 is 14.2 Å². The van der Waals surface area contributed by atoms with Gasteiger partial charge >= 0.3 is 11.9 Å². The van der Waals surface area contributed by atoms with Crippen molar-refractivity contribution in [3.8, 4) is 0 Å². The molecule has 0 spiro atoms. The Kier molecular flexibility index (Phi) is 8.37.